The first kappa shape index (κ1) is 22.5. The minimum atomic E-state index is 0.0574. The van der Waals surface area contributed by atoms with Crippen LogP contribution in [-0.2, 0) is 17.8 Å². The van der Waals surface area contributed by atoms with Gasteiger partial charge < -0.3 is 14.2 Å². The highest BCUT2D eigenvalue weighted by Gasteiger charge is 2.35. The molecule has 1 aromatic heterocycles. The number of aromatic nitrogens is 2. The molecular weight excluding hydrogens is 446 g/mol. The summed E-state index contributed by atoms with van der Waals surface area (Å²) >= 11 is 5.96. The number of rotatable bonds is 8. The lowest BCUT2D eigenvalue weighted by molar-refractivity contribution is -0.117. The van der Waals surface area contributed by atoms with E-state index >= 15 is 0 Å². The molecule has 0 N–H and O–H groups in total. The number of anilines is 1. The van der Waals surface area contributed by atoms with Crippen LogP contribution in [0, 0.1) is 0 Å². The summed E-state index contributed by atoms with van der Waals surface area (Å²) in [5, 5.41) is 0.698. The fourth-order valence-corrected chi connectivity index (χ4v) is 4.90. The van der Waals surface area contributed by atoms with Crippen LogP contribution in [0.1, 0.15) is 37.1 Å². The smallest absolute Gasteiger partial charge is 0.227 e. The molecule has 4 aromatic rings. The van der Waals surface area contributed by atoms with Crippen molar-refractivity contribution in [1.82, 2.24) is 9.55 Å². The summed E-state index contributed by atoms with van der Waals surface area (Å²) in [5.74, 6) is 2.02. The van der Waals surface area contributed by atoms with Crippen LogP contribution in [0.15, 0.2) is 72.8 Å². The third-order valence-corrected chi connectivity index (χ3v) is 6.70. The predicted octanol–water partition coefficient (Wildman–Crippen LogP) is 6.24. The Labute approximate surface area is 204 Å². The number of ether oxygens (including phenoxy) is 1. The van der Waals surface area contributed by atoms with Gasteiger partial charge in [-0.25, -0.2) is 4.98 Å². The van der Waals surface area contributed by atoms with Gasteiger partial charge in [0.15, 0.2) is 0 Å². The number of carbonyl (C=O) groups excluding carboxylic acids is 1. The summed E-state index contributed by atoms with van der Waals surface area (Å²) in [7, 11) is 0. The van der Waals surface area contributed by atoms with Gasteiger partial charge >= 0.3 is 0 Å². The zero-order chi connectivity index (χ0) is 23.5. The monoisotopic (exact) mass is 473 g/mol. The van der Waals surface area contributed by atoms with Gasteiger partial charge in [0.2, 0.25) is 5.91 Å². The van der Waals surface area contributed by atoms with Crippen molar-refractivity contribution in [3.05, 3.63) is 89.2 Å². The van der Waals surface area contributed by atoms with Crippen LogP contribution < -0.4 is 9.64 Å². The molecule has 0 radical (unpaired) electrons. The first-order valence-corrected chi connectivity index (χ1v) is 12.2. The molecule has 1 aliphatic heterocycles. The van der Waals surface area contributed by atoms with Crippen LogP contribution in [0.2, 0.25) is 5.02 Å². The summed E-state index contributed by atoms with van der Waals surface area (Å²) < 4.78 is 8.17. The second-order valence-electron chi connectivity index (χ2n) is 8.65. The molecular formula is C28H28ClN3O2. The van der Waals surface area contributed by atoms with E-state index in [0.717, 1.165) is 47.7 Å². The molecule has 1 atom stereocenters. The summed E-state index contributed by atoms with van der Waals surface area (Å²) in [6.45, 7) is 4.15. The predicted molar refractivity (Wildman–Crippen MR) is 137 cm³/mol. The van der Waals surface area contributed by atoms with Crippen molar-refractivity contribution in [1.29, 1.82) is 0 Å². The summed E-state index contributed by atoms with van der Waals surface area (Å²) in [6, 6.07) is 23.8. The SMILES string of the molecule is CCc1ccccc1N1CC(c2nc3ccccc3n2CCCOc2ccc(Cl)cc2)CC1=O. The van der Waals surface area contributed by atoms with Gasteiger partial charge in [0.05, 0.1) is 17.6 Å². The van der Waals surface area contributed by atoms with Crippen molar-refractivity contribution < 1.29 is 9.53 Å². The largest absolute Gasteiger partial charge is 0.494 e. The standard InChI is InChI=1S/C28H28ClN3O2/c1-2-20-8-3-5-10-25(20)32-19-21(18-27(32)33)28-30-24-9-4-6-11-26(24)31(28)16-7-17-34-23-14-12-22(29)13-15-23/h3-6,8-15,21H,2,7,16-19H2,1H3. The summed E-state index contributed by atoms with van der Waals surface area (Å²) in [6.07, 6.45) is 2.21. The molecule has 1 fully saturated rings. The highest BCUT2D eigenvalue weighted by Crippen LogP contribution is 2.34. The first-order valence-electron chi connectivity index (χ1n) is 11.9. The molecule has 6 heteroatoms. The van der Waals surface area contributed by atoms with E-state index in [1.807, 2.05) is 59.5 Å². The number of benzene rings is 3. The lowest BCUT2D eigenvalue weighted by atomic mass is 10.1. The van der Waals surface area contributed by atoms with Crippen LogP contribution >= 0.6 is 11.6 Å². The molecule has 3 aromatic carbocycles. The Balaban J connectivity index is 1.35. The highest BCUT2D eigenvalue weighted by molar-refractivity contribution is 6.30. The molecule has 1 saturated heterocycles. The molecule has 5 rings (SSSR count). The molecule has 0 aliphatic carbocycles. The van der Waals surface area contributed by atoms with E-state index in [9.17, 15) is 4.79 Å². The lowest BCUT2D eigenvalue weighted by Gasteiger charge is -2.20. The number of amides is 1. The molecule has 1 aliphatic rings. The van der Waals surface area contributed by atoms with Gasteiger partial charge in [-0.15, -0.1) is 0 Å². The van der Waals surface area contributed by atoms with Crippen molar-refractivity contribution in [2.45, 2.75) is 38.6 Å². The number of para-hydroxylation sites is 3. The molecule has 5 nitrogen and oxygen atoms in total. The number of nitrogens with zero attached hydrogens (tertiary/aromatic N) is 3. The summed E-state index contributed by atoms with van der Waals surface area (Å²) in [4.78, 5) is 20.0. The summed E-state index contributed by atoms with van der Waals surface area (Å²) in [5.41, 5.74) is 4.29. The third-order valence-electron chi connectivity index (χ3n) is 6.45. The molecule has 0 spiro atoms. The van der Waals surface area contributed by atoms with E-state index < -0.39 is 0 Å². The Hall–Kier alpha value is -3.31. The number of hydrogen-bond donors (Lipinski definition) is 0. The van der Waals surface area contributed by atoms with Gasteiger partial charge in [0, 0.05) is 36.1 Å². The number of hydrogen-bond acceptors (Lipinski definition) is 3. The van der Waals surface area contributed by atoms with Gasteiger partial charge in [-0.1, -0.05) is 48.9 Å². The van der Waals surface area contributed by atoms with E-state index in [1.54, 1.807) is 0 Å². The quantitative estimate of drug-likeness (QED) is 0.284. The minimum Gasteiger partial charge on any atom is -0.494 e. The Morgan fingerprint density at radius 3 is 2.62 bits per heavy atom. The minimum absolute atomic E-state index is 0.0574. The van der Waals surface area contributed by atoms with Crippen molar-refractivity contribution in [2.24, 2.45) is 0 Å². The second-order valence-corrected chi connectivity index (χ2v) is 9.09. The maximum atomic E-state index is 13.1. The van der Waals surface area contributed by atoms with Crippen LogP contribution in [-0.4, -0.2) is 28.6 Å². The molecule has 1 amide bonds. The molecule has 1 unspecified atom stereocenters. The maximum absolute atomic E-state index is 13.1. The Morgan fingerprint density at radius 2 is 1.79 bits per heavy atom. The van der Waals surface area contributed by atoms with Gasteiger partial charge in [0.25, 0.3) is 0 Å². The van der Waals surface area contributed by atoms with E-state index in [-0.39, 0.29) is 11.8 Å². The fourth-order valence-electron chi connectivity index (χ4n) is 4.77. The topological polar surface area (TPSA) is 47.4 Å². The Morgan fingerprint density at radius 1 is 1.03 bits per heavy atom. The lowest BCUT2D eigenvalue weighted by Crippen LogP contribution is -2.25. The number of aryl methyl sites for hydroxylation is 2. The van der Waals surface area contributed by atoms with Crippen LogP contribution in [0.5, 0.6) is 5.75 Å². The van der Waals surface area contributed by atoms with Gasteiger partial charge in [-0.2, -0.15) is 0 Å². The molecule has 0 saturated carbocycles. The number of carbonyl (C=O) groups is 1. The van der Waals surface area contributed by atoms with Crippen LogP contribution in [0.3, 0.4) is 0 Å². The number of halogens is 1. The first-order chi connectivity index (χ1) is 16.6. The molecule has 34 heavy (non-hydrogen) atoms. The zero-order valence-corrected chi connectivity index (χ0v) is 20.0. The van der Waals surface area contributed by atoms with Crippen molar-refractivity contribution in [2.75, 3.05) is 18.1 Å². The molecule has 174 valence electrons. The van der Waals surface area contributed by atoms with Crippen molar-refractivity contribution >= 4 is 34.2 Å². The normalized spacial score (nSPS) is 15.9. The van der Waals surface area contributed by atoms with Crippen LogP contribution in [0.4, 0.5) is 5.69 Å². The molecule has 2 heterocycles. The number of imidazole rings is 1. The van der Waals surface area contributed by atoms with E-state index in [4.69, 9.17) is 21.3 Å². The van der Waals surface area contributed by atoms with Gasteiger partial charge in [-0.05, 0) is 60.9 Å². The van der Waals surface area contributed by atoms with Gasteiger partial charge in [-0.3, -0.25) is 4.79 Å². The highest BCUT2D eigenvalue weighted by atomic mass is 35.5. The average molecular weight is 474 g/mol. The molecule has 0 bridgehead atoms. The Kier molecular flexibility index (Phi) is 6.54. The van der Waals surface area contributed by atoms with E-state index in [2.05, 4.69) is 29.7 Å². The van der Waals surface area contributed by atoms with Gasteiger partial charge in [0.1, 0.15) is 11.6 Å². The zero-order valence-electron chi connectivity index (χ0n) is 19.3. The van der Waals surface area contributed by atoms with E-state index in [1.165, 1.54) is 5.56 Å². The number of fused-ring (bicyclic) bond motifs is 1. The average Bonchev–Trinajstić information content (AvgIpc) is 3.43. The van der Waals surface area contributed by atoms with Crippen molar-refractivity contribution in [3.63, 3.8) is 0 Å². The maximum Gasteiger partial charge on any atom is 0.227 e. The van der Waals surface area contributed by atoms with Crippen LogP contribution in [0.25, 0.3) is 11.0 Å². The Bertz CT molecular complexity index is 1300. The second kappa shape index (κ2) is 9.90. The van der Waals surface area contributed by atoms with E-state index in [0.29, 0.717) is 24.6 Å². The fraction of sp³-hybridized carbons (Fsp3) is 0.286. The van der Waals surface area contributed by atoms with Crippen molar-refractivity contribution in [3.8, 4) is 5.75 Å². The third kappa shape index (κ3) is 4.53.